The molecule has 0 spiro atoms. The molecule has 2 heterocycles. The van der Waals surface area contributed by atoms with Crippen LogP contribution in [-0.2, 0) is 4.79 Å². The number of rotatable bonds is 4. The van der Waals surface area contributed by atoms with Crippen molar-refractivity contribution in [3.8, 4) is 11.5 Å². The Morgan fingerprint density at radius 3 is 2.77 bits per heavy atom. The standard InChI is InChI=1S/C16H19NO5/c1-2-3-11-7-17(8-12(11)16(19)20)15(18)10-4-5-13-14(6-10)22-9-21-13/h4-6,11-12H,2-3,7-9H2,1H3,(H,19,20)/t11-,12-/m1/s1. The number of aliphatic carboxylic acids is 1. The van der Waals surface area contributed by atoms with Crippen LogP contribution in [0.4, 0.5) is 0 Å². The molecule has 6 heteroatoms. The number of carbonyl (C=O) groups excluding carboxylic acids is 1. The number of carbonyl (C=O) groups is 2. The third-order valence-electron chi connectivity index (χ3n) is 4.32. The number of benzene rings is 1. The Hall–Kier alpha value is -2.24. The average molecular weight is 305 g/mol. The van der Waals surface area contributed by atoms with E-state index < -0.39 is 11.9 Å². The van der Waals surface area contributed by atoms with Gasteiger partial charge in [0.05, 0.1) is 5.92 Å². The van der Waals surface area contributed by atoms with Gasteiger partial charge in [0.15, 0.2) is 11.5 Å². The van der Waals surface area contributed by atoms with Gasteiger partial charge in [-0.15, -0.1) is 0 Å². The molecule has 2 aliphatic heterocycles. The van der Waals surface area contributed by atoms with E-state index in [1.807, 2.05) is 6.92 Å². The molecule has 6 nitrogen and oxygen atoms in total. The molecule has 2 atom stereocenters. The first-order valence-electron chi connectivity index (χ1n) is 7.52. The van der Waals surface area contributed by atoms with Gasteiger partial charge in [0, 0.05) is 18.7 Å². The van der Waals surface area contributed by atoms with Gasteiger partial charge in [-0.1, -0.05) is 13.3 Å². The average Bonchev–Trinajstić information content (AvgIpc) is 3.12. The maximum Gasteiger partial charge on any atom is 0.308 e. The molecule has 1 aromatic rings. The minimum absolute atomic E-state index is 0.0282. The van der Waals surface area contributed by atoms with Crippen LogP contribution >= 0.6 is 0 Å². The Morgan fingerprint density at radius 1 is 1.27 bits per heavy atom. The van der Waals surface area contributed by atoms with Gasteiger partial charge in [0.1, 0.15) is 0 Å². The van der Waals surface area contributed by atoms with Crippen LogP contribution in [-0.4, -0.2) is 41.8 Å². The summed E-state index contributed by atoms with van der Waals surface area (Å²) in [5.74, 6) is -0.226. The van der Waals surface area contributed by atoms with E-state index in [1.165, 1.54) is 0 Å². The van der Waals surface area contributed by atoms with Crippen molar-refractivity contribution in [3.63, 3.8) is 0 Å². The Bertz CT molecular complexity index is 600. The van der Waals surface area contributed by atoms with Crippen molar-refractivity contribution < 1.29 is 24.2 Å². The van der Waals surface area contributed by atoms with Gasteiger partial charge in [0.25, 0.3) is 5.91 Å². The second-order valence-corrected chi connectivity index (χ2v) is 5.77. The number of hydrogen-bond donors (Lipinski definition) is 1. The van der Waals surface area contributed by atoms with Crippen molar-refractivity contribution in [2.45, 2.75) is 19.8 Å². The second-order valence-electron chi connectivity index (χ2n) is 5.77. The number of hydrogen-bond acceptors (Lipinski definition) is 4. The summed E-state index contributed by atoms with van der Waals surface area (Å²) < 4.78 is 10.5. The van der Waals surface area contributed by atoms with Crippen molar-refractivity contribution >= 4 is 11.9 Å². The third kappa shape index (κ3) is 2.61. The fourth-order valence-corrected chi connectivity index (χ4v) is 3.19. The van der Waals surface area contributed by atoms with Gasteiger partial charge in [-0.2, -0.15) is 0 Å². The van der Waals surface area contributed by atoms with E-state index in [-0.39, 0.29) is 25.2 Å². The van der Waals surface area contributed by atoms with E-state index in [1.54, 1.807) is 23.1 Å². The van der Waals surface area contributed by atoms with Crippen LogP contribution in [0.1, 0.15) is 30.1 Å². The highest BCUT2D eigenvalue weighted by molar-refractivity contribution is 5.95. The zero-order valence-electron chi connectivity index (χ0n) is 12.4. The monoisotopic (exact) mass is 305 g/mol. The highest BCUT2D eigenvalue weighted by Crippen LogP contribution is 2.34. The van der Waals surface area contributed by atoms with Gasteiger partial charge in [-0.05, 0) is 30.5 Å². The molecule has 0 aromatic heterocycles. The van der Waals surface area contributed by atoms with E-state index in [0.29, 0.717) is 23.6 Å². The predicted molar refractivity (Wildman–Crippen MR) is 78.0 cm³/mol. The molecular formula is C16H19NO5. The van der Waals surface area contributed by atoms with Gasteiger partial charge < -0.3 is 19.5 Å². The van der Waals surface area contributed by atoms with Crippen molar-refractivity contribution in [3.05, 3.63) is 23.8 Å². The molecule has 2 aliphatic rings. The Kier molecular flexibility index (Phi) is 3.92. The number of fused-ring (bicyclic) bond motifs is 1. The fourth-order valence-electron chi connectivity index (χ4n) is 3.19. The summed E-state index contributed by atoms with van der Waals surface area (Å²) in [6, 6.07) is 5.07. The summed E-state index contributed by atoms with van der Waals surface area (Å²) >= 11 is 0. The molecule has 118 valence electrons. The van der Waals surface area contributed by atoms with Crippen LogP contribution in [0.3, 0.4) is 0 Å². The van der Waals surface area contributed by atoms with Crippen molar-refractivity contribution in [2.24, 2.45) is 11.8 Å². The van der Waals surface area contributed by atoms with E-state index >= 15 is 0 Å². The molecule has 0 radical (unpaired) electrons. The Morgan fingerprint density at radius 2 is 2.05 bits per heavy atom. The largest absolute Gasteiger partial charge is 0.481 e. The number of likely N-dealkylation sites (tertiary alicyclic amines) is 1. The number of carboxylic acids is 1. The molecule has 1 fully saturated rings. The lowest BCUT2D eigenvalue weighted by molar-refractivity contribution is -0.142. The SMILES string of the molecule is CCC[C@@H]1CN(C(=O)c2ccc3c(c2)OCO3)C[C@H]1C(=O)O. The second kappa shape index (κ2) is 5.87. The highest BCUT2D eigenvalue weighted by atomic mass is 16.7. The van der Waals surface area contributed by atoms with Crippen molar-refractivity contribution in [1.82, 2.24) is 4.90 Å². The smallest absolute Gasteiger partial charge is 0.308 e. The van der Waals surface area contributed by atoms with E-state index in [2.05, 4.69) is 0 Å². The Labute approximate surface area is 128 Å². The van der Waals surface area contributed by atoms with Gasteiger partial charge in [0.2, 0.25) is 6.79 Å². The van der Waals surface area contributed by atoms with Crippen LogP contribution in [0.15, 0.2) is 18.2 Å². The minimum Gasteiger partial charge on any atom is -0.481 e. The predicted octanol–water partition coefficient (Wildman–Crippen LogP) is 1.99. The van der Waals surface area contributed by atoms with Crippen LogP contribution in [0.25, 0.3) is 0 Å². The minimum atomic E-state index is -0.820. The number of carboxylic acid groups (broad SMARTS) is 1. The Balaban J connectivity index is 1.76. The van der Waals surface area contributed by atoms with Gasteiger partial charge in [-0.25, -0.2) is 0 Å². The van der Waals surface area contributed by atoms with E-state index in [9.17, 15) is 14.7 Å². The van der Waals surface area contributed by atoms with Crippen LogP contribution in [0.5, 0.6) is 11.5 Å². The summed E-state index contributed by atoms with van der Waals surface area (Å²) in [5.41, 5.74) is 0.505. The fraction of sp³-hybridized carbons (Fsp3) is 0.500. The summed E-state index contributed by atoms with van der Waals surface area (Å²) in [4.78, 5) is 25.6. The topological polar surface area (TPSA) is 76.1 Å². The number of ether oxygens (including phenoxy) is 2. The first-order chi connectivity index (χ1) is 10.6. The summed E-state index contributed by atoms with van der Waals surface area (Å²) in [5, 5.41) is 9.33. The molecule has 0 bridgehead atoms. The lowest BCUT2D eigenvalue weighted by atomic mass is 9.92. The first kappa shape index (κ1) is 14.7. The maximum absolute atomic E-state index is 12.6. The number of nitrogens with zero attached hydrogens (tertiary/aromatic N) is 1. The van der Waals surface area contributed by atoms with Gasteiger partial charge in [-0.3, -0.25) is 9.59 Å². The molecular weight excluding hydrogens is 286 g/mol. The molecule has 0 unspecified atom stereocenters. The maximum atomic E-state index is 12.6. The molecule has 3 rings (SSSR count). The third-order valence-corrected chi connectivity index (χ3v) is 4.32. The van der Waals surface area contributed by atoms with E-state index in [0.717, 1.165) is 12.8 Å². The quantitative estimate of drug-likeness (QED) is 0.920. The molecule has 22 heavy (non-hydrogen) atoms. The zero-order chi connectivity index (χ0) is 15.7. The first-order valence-corrected chi connectivity index (χ1v) is 7.52. The number of amides is 1. The summed E-state index contributed by atoms with van der Waals surface area (Å²) in [6.07, 6.45) is 1.74. The lowest BCUT2D eigenvalue weighted by Crippen LogP contribution is -2.29. The van der Waals surface area contributed by atoms with Crippen molar-refractivity contribution in [2.75, 3.05) is 19.9 Å². The van der Waals surface area contributed by atoms with Gasteiger partial charge >= 0.3 is 5.97 Å². The van der Waals surface area contributed by atoms with E-state index in [4.69, 9.17) is 9.47 Å². The van der Waals surface area contributed by atoms with Crippen LogP contribution in [0, 0.1) is 11.8 Å². The summed E-state index contributed by atoms with van der Waals surface area (Å²) in [7, 11) is 0. The normalized spacial score (nSPS) is 22.9. The van der Waals surface area contributed by atoms with Crippen molar-refractivity contribution in [1.29, 1.82) is 0 Å². The molecule has 1 aromatic carbocycles. The van der Waals surface area contributed by atoms with Crippen LogP contribution in [0.2, 0.25) is 0 Å². The summed E-state index contributed by atoms with van der Waals surface area (Å²) in [6.45, 7) is 2.96. The molecule has 1 N–H and O–H groups in total. The lowest BCUT2D eigenvalue weighted by Gasteiger charge is -2.16. The highest BCUT2D eigenvalue weighted by Gasteiger charge is 2.39. The zero-order valence-corrected chi connectivity index (χ0v) is 12.4. The molecule has 1 saturated heterocycles. The van der Waals surface area contributed by atoms with Crippen LogP contribution < -0.4 is 9.47 Å². The molecule has 0 saturated carbocycles. The molecule has 0 aliphatic carbocycles. The molecule has 1 amide bonds.